The van der Waals surface area contributed by atoms with Gasteiger partial charge in [0.1, 0.15) is 11.8 Å². The number of rotatable bonds is 7. The summed E-state index contributed by atoms with van der Waals surface area (Å²) in [5, 5.41) is 20.8. The predicted molar refractivity (Wildman–Crippen MR) is 96.5 cm³/mol. The monoisotopic (exact) mass is 350 g/mol. The van der Waals surface area contributed by atoms with Gasteiger partial charge in [-0.05, 0) is 35.4 Å². The Hall–Kier alpha value is -3.59. The lowest BCUT2D eigenvalue weighted by atomic mass is 10.1. The minimum absolute atomic E-state index is 0.147. The van der Waals surface area contributed by atoms with E-state index in [1.807, 2.05) is 6.07 Å². The van der Waals surface area contributed by atoms with E-state index in [4.69, 9.17) is 10.00 Å². The molecule has 2 rings (SSSR count). The molecule has 0 spiro atoms. The maximum absolute atomic E-state index is 12.1. The molecular weight excluding hydrogens is 332 g/mol. The molecule has 0 radical (unpaired) electrons. The lowest BCUT2D eigenvalue weighted by molar-refractivity contribution is -0.141. The van der Waals surface area contributed by atoms with E-state index in [1.165, 1.54) is 12.2 Å². The Labute approximate surface area is 151 Å². The highest BCUT2D eigenvalue weighted by Gasteiger charge is 2.19. The fraction of sp³-hybridized carbons (Fsp3) is 0.150. The molecule has 26 heavy (non-hydrogen) atoms. The minimum Gasteiger partial charge on any atom is -0.497 e. The largest absolute Gasteiger partial charge is 0.497 e. The summed E-state index contributed by atoms with van der Waals surface area (Å²) in [6.45, 7) is 0. The molecule has 0 aliphatic heterocycles. The summed E-state index contributed by atoms with van der Waals surface area (Å²) in [4.78, 5) is 23.5. The van der Waals surface area contributed by atoms with Crippen molar-refractivity contribution < 1.29 is 19.4 Å². The summed E-state index contributed by atoms with van der Waals surface area (Å²) < 4.78 is 5.06. The molecule has 0 aromatic heterocycles. The Kier molecular flexibility index (Phi) is 6.52. The van der Waals surface area contributed by atoms with E-state index in [9.17, 15) is 14.7 Å². The number of nitrogens with zero attached hydrogens (tertiary/aromatic N) is 1. The third-order valence-electron chi connectivity index (χ3n) is 3.71. The van der Waals surface area contributed by atoms with Crippen LogP contribution in [0, 0.1) is 11.3 Å². The molecule has 0 bridgehead atoms. The Morgan fingerprint density at radius 1 is 1.23 bits per heavy atom. The Balaban J connectivity index is 2.04. The molecule has 6 heteroatoms. The Morgan fingerprint density at radius 3 is 2.54 bits per heavy atom. The number of aliphatic carboxylic acids is 1. The van der Waals surface area contributed by atoms with Crippen molar-refractivity contribution in [2.45, 2.75) is 12.5 Å². The Morgan fingerprint density at radius 2 is 1.92 bits per heavy atom. The third-order valence-corrected chi connectivity index (χ3v) is 3.71. The number of carbonyl (C=O) groups is 2. The summed E-state index contributed by atoms with van der Waals surface area (Å²) in [5.41, 5.74) is 1.79. The smallest absolute Gasteiger partial charge is 0.326 e. The van der Waals surface area contributed by atoms with Crippen molar-refractivity contribution in [2.24, 2.45) is 0 Å². The van der Waals surface area contributed by atoms with Crippen LogP contribution < -0.4 is 10.1 Å². The zero-order valence-corrected chi connectivity index (χ0v) is 14.2. The molecule has 0 aliphatic rings. The van der Waals surface area contributed by atoms with E-state index >= 15 is 0 Å². The fourth-order valence-corrected chi connectivity index (χ4v) is 2.33. The topological polar surface area (TPSA) is 99.4 Å². The second kappa shape index (κ2) is 9.04. The van der Waals surface area contributed by atoms with Crippen LogP contribution in [0.15, 0.2) is 54.6 Å². The highest BCUT2D eigenvalue weighted by Crippen LogP contribution is 2.13. The van der Waals surface area contributed by atoms with Crippen LogP contribution in [0.25, 0.3) is 6.08 Å². The standard InChI is InChI=1S/C20H18N2O4/c1-26-17-9-6-14(7-10-17)12-18(20(24)25)22-19(23)11-8-15-4-2-3-5-16(15)13-21/h2-11,18H,12H2,1H3,(H,22,23)(H,24,25)/t18-/m0/s1. The zero-order valence-electron chi connectivity index (χ0n) is 14.2. The number of benzene rings is 2. The van der Waals surface area contributed by atoms with Gasteiger partial charge in [0.15, 0.2) is 0 Å². The van der Waals surface area contributed by atoms with E-state index in [0.717, 1.165) is 5.56 Å². The van der Waals surface area contributed by atoms with Gasteiger partial charge in [-0.2, -0.15) is 5.26 Å². The molecule has 132 valence electrons. The first-order chi connectivity index (χ1) is 12.5. The first-order valence-electron chi connectivity index (χ1n) is 7.87. The normalized spacial score (nSPS) is 11.5. The van der Waals surface area contributed by atoms with Crippen LogP contribution in [0.1, 0.15) is 16.7 Å². The van der Waals surface area contributed by atoms with Gasteiger partial charge in [0.25, 0.3) is 0 Å². The SMILES string of the molecule is COc1ccc(C[C@H](NC(=O)C=Cc2ccccc2C#N)C(=O)O)cc1. The van der Waals surface area contributed by atoms with Gasteiger partial charge in [-0.3, -0.25) is 4.79 Å². The van der Waals surface area contributed by atoms with Crippen LogP contribution in [-0.4, -0.2) is 30.1 Å². The van der Waals surface area contributed by atoms with Crippen LogP contribution in [0.2, 0.25) is 0 Å². The lowest BCUT2D eigenvalue weighted by Gasteiger charge is -2.13. The van der Waals surface area contributed by atoms with E-state index < -0.39 is 17.9 Å². The van der Waals surface area contributed by atoms with Gasteiger partial charge in [0.2, 0.25) is 5.91 Å². The Bertz CT molecular complexity index is 851. The van der Waals surface area contributed by atoms with Gasteiger partial charge in [0, 0.05) is 12.5 Å². The molecule has 2 aromatic rings. The fourth-order valence-electron chi connectivity index (χ4n) is 2.33. The summed E-state index contributed by atoms with van der Waals surface area (Å²) in [5.74, 6) is -0.998. The van der Waals surface area contributed by atoms with Crippen LogP contribution in [0.4, 0.5) is 0 Å². The predicted octanol–water partition coefficient (Wildman–Crippen LogP) is 2.39. The van der Waals surface area contributed by atoms with Gasteiger partial charge in [-0.15, -0.1) is 0 Å². The second-order valence-electron chi connectivity index (χ2n) is 5.48. The summed E-state index contributed by atoms with van der Waals surface area (Å²) in [6, 6.07) is 14.8. The van der Waals surface area contributed by atoms with Gasteiger partial charge in [-0.25, -0.2) is 4.79 Å². The van der Waals surface area contributed by atoms with E-state index in [2.05, 4.69) is 5.32 Å². The highest BCUT2D eigenvalue weighted by atomic mass is 16.5. The van der Waals surface area contributed by atoms with Gasteiger partial charge >= 0.3 is 5.97 Å². The van der Waals surface area contributed by atoms with E-state index in [0.29, 0.717) is 16.9 Å². The molecule has 0 heterocycles. The van der Waals surface area contributed by atoms with Crippen molar-refractivity contribution in [3.63, 3.8) is 0 Å². The molecule has 0 aliphatic carbocycles. The summed E-state index contributed by atoms with van der Waals surface area (Å²) in [7, 11) is 1.55. The summed E-state index contributed by atoms with van der Waals surface area (Å²) >= 11 is 0. The highest BCUT2D eigenvalue weighted by molar-refractivity contribution is 5.94. The van der Waals surface area contributed by atoms with Crippen molar-refractivity contribution in [1.82, 2.24) is 5.32 Å². The number of nitrogens with one attached hydrogen (secondary N) is 1. The number of hydrogen-bond acceptors (Lipinski definition) is 4. The molecule has 2 N–H and O–H groups in total. The van der Waals surface area contributed by atoms with Crippen LogP contribution in [-0.2, 0) is 16.0 Å². The van der Waals surface area contributed by atoms with Crippen LogP contribution >= 0.6 is 0 Å². The first-order valence-corrected chi connectivity index (χ1v) is 7.87. The van der Waals surface area contributed by atoms with Crippen molar-refractivity contribution in [3.05, 3.63) is 71.3 Å². The zero-order chi connectivity index (χ0) is 18.9. The third kappa shape index (κ3) is 5.21. The molecule has 2 aromatic carbocycles. The summed E-state index contributed by atoms with van der Waals surface area (Å²) in [6.07, 6.45) is 2.86. The number of carboxylic acids is 1. The number of amides is 1. The lowest BCUT2D eigenvalue weighted by Crippen LogP contribution is -2.41. The van der Waals surface area contributed by atoms with E-state index in [-0.39, 0.29) is 6.42 Å². The molecule has 0 fully saturated rings. The molecule has 1 amide bonds. The number of hydrogen-bond donors (Lipinski definition) is 2. The molecule has 6 nitrogen and oxygen atoms in total. The van der Waals surface area contributed by atoms with Gasteiger partial charge in [-0.1, -0.05) is 30.3 Å². The minimum atomic E-state index is -1.13. The molecule has 0 saturated carbocycles. The van der Waals surface area contributed by atoms with Crippen molar-refractivity contribution >= 4 is 18.0 Å². The maximum atomic E-state index is 12.1. The number of carbonyl (C=O) groups excluding carboxylic acids is 1. The molecule has 0 saturated heterocycles. The molecular formula is C20H18N2O4. The number of methoxy groups -OCH3 is 1. The number of nitriles is 1. The second-order valence-corrected chi connectivity index (χ2v) is 5.48. The molecule has 0 unspecified atom stereocenters. The average molecular weight is 350 g/mol. The first kappa shape index (κ1) is 18.7. The number of ether oxygens (including phenoxy) is 1. The van der Waals surface area contributed by atoms with Crippen molar-refractivity contribution in [3.8, 4) is 11.8 Å². The van der Waals surface area contributed by atoms with Crippen molar-refractivity contribution in [2.75, 3.05) is 7.11 Å². The maximum Gasteiger partial charge on any atom is 0.326 e. The van der Waals surface area contributed by atoms with Crippen LogP contribution in [0.3, 0.4) is 0 Å². The van der Waals surface area contributed by atoms with E-state index in [1.54, 1.807) is 55.6 Å². The van der Waals surface area contributed by atoms with Crippen molar-refractivity contribution in [1.29, 1.82) is 5.26 Å². The van der Waals surface area contributed by atoms with Gasteiger partial charge < -0.3 is 15.2 Å². The van der Waals surface area contributed by atoms with Gasteiger partial charge in [0.05, 0.1) is 18.7 Å². The van der Waals surface area contributed by atoms with Crippen LogP contribution in [0.5, 0.6) is 5.75 Å². The molecule has 1 atom stereocenters. The quantitative estimate of drug-likeness (QED) is 0.747. The number of carboxylic acid groups (broad SMARTS) is 1. The average Bonchev–Trinajstić information content (AvgIpc) is 2.66.